The molecule has 0 N–H and O–H groups in total. The molecule has 0 aliphatic carbocycles. The van der Waals surface area contributed by atoms with Crippen molar-refractivity contribution in [1.82, 2.24) is 0 Å². The van der Waals surface area contributed by atoms with Crippen LogP contribution in [-0.4, -0.2) is 23.5 Å². The van der Waals surface area contributed by atoms with Gasteiger partial charge in [0.15, 0.2) is 6.10 Å². The molecule has 5 heteroatoms. The molecule has 0 saturated heterocycles. The van der Waals surface area contributed by atoms with E-state index < -0.39 is 12.1 Å². The van der Waals surface area contributed by atoms with Gasteiger partial charge in [-0.3, -0.25) is 4.79 Å². The molecule has 0 saturated carbocycles. The molecule has 86 valence electrons. The SMILES string of the molecule is CC(=O)OC(C)C[N+]([O-])=Nc1ccccc1. The number of hydrogen-bond acceptors (Lipinski definition) is 4. The van der Waals surface area contributed by atoms with Gasteiger partial charge in [-0.1, -0.05) is 23.1 Å². The van der Waals surface area contributed by atoms with E-state index in [1.165, 1.54) is 6.92 Å². The van der Waals surface area contributed by atoms with Gasteiger partial charge < -0.3 is 9.94 Å². The number of carbonyl (C=O) groups is 1. The van der Waals surface area contributed by atoms with Crippen molar-refractivity contribution in [2.45, 2.75) is 20.0 Å². The molecule has 0 bridgehead atoms. The maximum absolute atomic E-state index is 11.4. The van der Waals surface area contributed by atoms with Crippen molar-refractivity contribution in [2.75, 3.05) is 6.54 Å². The first-order valence-electron chi connectivity index (χ1n) is 4.96. The van der Waals surface area contributed by atoms with Gasteiger partial charge in [-0.05, 0) is 19.1 Å². The van der Waals surface area contributed by atoms with Gasteiger partial charge in [-0.2, -0.15) is 0 Å². The molecule has 1 aromatic rings. The van der Waals surface area contributed by atoms with E-state index in [0.29, 0.717) is 10.5 Å². The van der Waals surface area contributed by atoms with Gasteiger partial charge in [0.2, 0.25) is 6.54 Å². The summed E-state index contributed by atoms with van der Waals surface area (Å²) < 4.78 is 4.82. The molecular formula is C11H14N2O3. The summed E-state index contributed by atoms with van der Waals surface area (Å²) >= 11 is 0. The summed E-state index contributed by atoms with van der Waals surface area (Å²) in [5.41, 5.74) is 0.576. The largest absolute Gasteiger partial charge is 0.600 e. The number of benzene rings is 1. The Kier molecular flexibility index (Phi) is 4.44. The number of rotatable bonds is 4. The Hall–Kier alpha value is -1.91. The fourth-order valence-corrected chi connectivity index (χ4v) is 1.20. The maximum Gasteiger partial charge on any atom is 0.303 e. The van der Waals surface area contributed by atoms with Crippen LogP contribution in [0.4, 0.5) is 5.69 Å². The molecule has 0 spiro atoms. The van der Waals surface area contributed by atoms with Gasteiger partial charge in [-0.15, -0.1) is 0 Å². The lowest BCUT2D eigenvalue weighted by atomic mass is 10.3. The molecular weight excluding hydrogens is 208 g/mol. The van der Waals surface area contributed by atoms with E-state index in [2.05, 4.69) is 5.11 Å². The minimum absolute atomic E-state index is 0.0223. The molecule has 0 aliphatic rings. The Bertz CT molecular complexity index is 376. The first kappa shape index (κ1) is 12.2. The van der Waals surface area contributed by atoms with E-state index in [0.717, 1.165) is 0 Å². The van der Waals surface area contributed by atoms with Crippen molar-refractivity contribution in [2.24, 2.45) is 5.11 Å². The van der Waals surface area contributed by atoms with Crippen LogP contribution in [-0.2, 0) is 9.53 Å². The molecule has 0 aromatic heterocycles. The van der Waals surface area contributed by atoms with Gasteiger partial charge in [-0.25, -0.2) is 0 Å². The van der Waals surface area contributed by atoms with Crippen LogP contribution in [0, 0.1) is 5.21 Å². The van der Waals surface area contributed by atoms with Gasteiger partial charge in [0, 0.05) is 12.0 Å². The van der Waals surface area contributed by atoms with E-state index in [-0.39, 0.29) is 6.54 Å². The second kappa shape index (κ2) is 5.85. The first-order chi connectivity index (χ1) is 7.58. The molecule has 1 unspecified atom stereocenters. The van der Waals surface area contributed by atoms with Crippen molar-refractivity contribution in [3.8, 4) is 0 Å². The molecule has 0 radical (unpaired) electrons. The molecule has 1 rings (SSSR count). The van der Waals surface area contributed by atoms with E-state index in [9.17, 15) is 10.0 Å². The highest BCUT2D eigenvalue weighted by Gasteiger charge is 2.10. The average molecular weight is 222 g/mol. The van der Waals surface area contributed by atoms with Gasteiger partial charge in [0.1, 0.15) is 5.69 Å². The molecule has 0 heterocycles. The highest BCUT2D eigenvalue weighted by molar-refractivity contribution is 5.66. The molecule has 0 aliphatic heterocycles. The zero-order valence-corrected chi connectivity index (χ0v) is 9.29. The Morgan fingerprint density at radius 2 is 2.12 bits per heavy atom. The van der Waals surface area contributed by atoms with Crippen molar-refractivity contribution < 1.29 is 14.4 Å². The van der Waals surface area contributed by atoms with Gasteiger partial charge in [0.05, 0.1) is 0 Å². The number of carbonyl (C=O) groups excluding carboxylic acids is 1. The third-order valence-electron chi connectivity index (χ3n) is 1.76. The summed E-state index contributed by atoms with van der Waals surface area (Å²) in [6.45, 7) is 2.97. The summed E-state index contributed by atoms with van der Waals surface area (Å²) in [6.07, 6.45) is -0.470. The van der Waals surface area contributed by atoms with Gasteiger partial charge in [0.25, 0.3) is 0 Å². The number of azo groups is 1. The Labute approximate surface area is 93.9 Å². The summed E-state index contributed by atoms with van der Waals surface area (Å²) in [5.74, 6) is -0.402. The van der Waals surface area contributed by atoms with Crippen LogP contribution in [0.15, 0.2) is 35.4 Å². The fourth-order valence-electron chi connectivity index (χ4n) is 1.20. The van der Waals surface area contributed by atoms with Crippen molar-refractivity contribution in [1.29, 1.82) is 0 Å². The Morgan fingerprint density at radius 3 is 2.69 bits per heavy atom. The second-order valence-electron chi connectivity index (χ2n) is 3.39. The molecule has 16 heavy (non-hydrogen) atoms. The second-order valence-corrected chi connectivity index (χ2v) is 3.39. The monoisotopic (exact) mass is 222 g/mol. The quantitative estimate of drug-likeness (QED) is 0.339. The number of esters is 1. The highest BCUT2D eigenvalue weighted by Crippen LogP contribution is 2.10. The predicted octanol–water partition coefficient (Wildman–Crippen LogP) is 2.23. The van der Waals surface area contributed by atoms with Crippen molar-refractivity contribution in [3.63, 3.8) is 0 Å². The lowest BCUT2D eigenvalue weighted by Gasteiger charge is -2.09. The standard InChI is InChI=1S/C11H14N2O3/c1-9(16-10(2)14)8-13(15)12-11-6-4-3-5-7-11/h3-7,9H,8H2,1-2H3. The lowest BCUT2D eigenvalue weighted by molar-refractivity contribution is -0.532. The van der Waals surface area contributed by atoms with E-state index >= 15 is 0 Å². The van der Waals surface area contributed by atoms with Gasteiger partial charge >= 0.3 is 5.97 Å². The third-order valence-corrected chi connectivity index (χ3v) is 1.76. The maximum atomic E-state index is 11.4. The van der Waals surface area contributed by atoms with E-state index in [1.807, 2.05) is 6.07 Å². The van der Waals surface area contributed by atoms with Crippen LogP contribution in [0.2, 0.25) is 0 Å². The number of nitrogens with zero attached hydrogens (tertiary/aromatic N) is 2. The minimum Gasteiger partial charge on any atom is -0.600 e. The predicted molar refractivity (Wildman–Crippen MR) is 58.3 cm³/mol. The minimum atomic E-state index is -0.470. The molecule has 1 aromatic carbocycles. The number of ether oxygens (including phenoxy) is 1. The van der Waals surface area contributed by atoms with Crippen LogP contribution < -0.4 is 0 Å². The van der Waals surface area contributed by atoms with E-state index in [1.54, 1.807) is 31.2 Å². The van der Waals surface area contributed by atoms with Crippen molar-refractivity contribution >= 4 is 11.7 Å². The van der Waals surface area contributed by atoms with Crippen molar-refractivity contribution in [3.05, 3.63) is 35.5 Å². The number of hydroxylamine groups is 1. The molecule has 0 fully saturated rings. The van der Waals surface area contributed by atoms with Crippen LogP contribution in [0.25, 0.3) is 0 Å². The Morgan fingerprint density at radius 1 is 1.50 bits per heavy atom. The lowest BCUT2D eigenvalue weighted by Crippen LogP contribution is -2.22. The zero-order chi connectivity index (χ0) is 12.0. The smallest absolute Gasteiger partial charge is 0.303 e. The molecule has 5 nitrogen and oxygen atoms in total. The summed E-state index contributed by atoms with van der Waals surface area (Å²) in [6, 6.07) is 8.88. The summed E-state index contributed by atoms with van der Waals surface area (Å²) in [4.78, 5) is 11.1. The van der Waals surface area contributed by atoms with Crippen LogP contribution in [0.5, 0.6) is 0 Å². The Balaban J connectivity index is 2.55. The topological polar surface area (TPSA) is 64.7 Å². The van der Waals surface area contributed by atoms with Crippen LogP contribution in [0.1, 0.15) is 13.8 Å². The molecule has 0 amide bonds. The third kappa shape index (κ3) is 4.54. The fraction of sp³-hybridized carbons (Fsp3) is 0.364. The van der Waals surface area contributed by atoms with Crippen LogP contribution in [0.3, 0.4) is 0 Å². The normalized spacial score (nSPS) is 13.2. The summed E-state index contributed by atoms with van der Waals surface area (Å²) in [7, 11) is 0. The summed E-state index contributed by atoms with van der Waals surface area (Å²) in [5, 5.41) is 15.2. The number of hydrogen-bond donors (Lipinski definition) is 0. The average Bonchev–Trinajstić information content (AvgIpc) is 2.17. The van der Waals surface area contributed by atoms with E-state index in [4.69, 9.17) is 4.74 Å². The highest BCUT2D eigenvalue weighted by atomic mass is 16.6. The first-order valence-corrected chi connectivity index (χ1v) is 4.96. The zero-order valence-electron chi connectivity index (χ0n) is 9.29. The van der Waals surface area contributed by atoms with Crippen LogP contribution >= 0.6 is 0 Å². The molecule has 1 atom stereocenters.